The van der Waals surface area contributed by atoms with Crippen LogP contribution in [0, 0.1) is 0 Å². The third kappa shape index (κ3) is 5.66. The Hall–Kier alpha value is -2.03. The van der Waals surface area contributed by atoms with Gasteiger partial charge in [-0.15, -0.1) is 0 Å². The molecule has 12 nitrogen and oxygen atoms in total. The molecule has 2 atom stereocenters. The highest BCUT2D eigenvalue weighted by molar-refractivity contribution is 14.2. The molecule has 0 radical (unpaired) electrons. The van der Waals surface area contributed by atoms with Crippen LogP contribution < -0.4 is 24.0 Å². The number of nitrogens with one attached hydrogen (secondary N) is 1. The first-order valence-corrected chi connectivity index (χ1v) is 13.5. The van der Waals surface area contributed by atoms with Gasteiger partial charge in [0.15, 0.2) is 11.5 Å². The largest absolute Gasteiger partial charge is 0.492 e. The molecule has 174 valence electrons. The summed E-state index contributed by atoms with van der Waals surface area (Å²) in [6, 6.07) is 9.42. The second-order valence-corrected chi connectivity index (χ2v) is 10.6. The first-order valence-electron chi connectivity index (χ1n) is 9.76. The zero-order valence-electron chi connectivity index (χ0n) is 16.8. The number of hydrogen-bond donors (Lipinski definition) is 4. The molecule has 2 aliphatic heterocycles. The molecule has 0 spiro atoms. The molecule has 1 aromatic heterocycles. The lowest BCUT2D eigenvalue weighted by Gasteiger charge is -2.34. The zero-order valence-corrected chi connectivity index (χ0v) is 19.9. The Morgan fingerprint density at radius 2 is 2.09 bits per heavy atom. The van der Waals surface area contributed by atoms with Crippen LogP contribution in [-0.2, 0) is 13.8 Å². The number of rotatable bonds is 8. The van der Waals surface area contributed by atoms with E-state index in [2.05, 4.69) is 14.5 Å². The van der Waals surface area contributed by atoms with E-state index in [1.807, 2.05) is 37.6 Å². The molecule has 0 unspecified atom stereocenters. The number of hydrogen-bond acceptors (Lipinski definition) is 9. The summed E-state index contributed by atoms with van der Waals surface area (Å²) in [7, 11) is -4.57. The van der Waals surface area contributed by atoms with Gasteiger partial charge in [0.2, 0.25) is 5.95 Å². The normalized spacial score (nSPS) is 20.7. The van der Waals surface area contributed by atoms with E-state index in [0.29, 0.717) is 37.5 Å². The van der Waals surface area contributed by atoms with Crippen LogP contribution in [0.25, 0.3) is 0 Å². The van der Waals surface area contributed by atoms with Crippen molar-refractivity contribution < 1.29 is 28.3 Å². The number of phosphoric acid groups is 1. The number of nitrogens with zero attached hydrogens (tertiary/aromatic N) is 3. The Bertz CT molecular complexity index is 1080. The van der Waals surface area contributed by atoms with Crippen molar-refractivity contribution in [2.24, 2.45) is 0 Å². The number of anilines is 3. The second kappa shape index (κ2) is 9.85. The predicted molar refractivity (Wildman–Crippen MR) is 127 cm³/mol. The van der Waals surface area contributed by atoms with Crippen molar-refractivity contribution in [1.82, 2.24) is 9.97 Å². The first-order chi connectivity index (χ1) is 15.3. The Morgan fingerprint density at radius 1 is 1.31 bits per heavy atom. The molecule has 1 saturated heterocycles. The topological polar surface area (TPSA) is 163 Å². The maximum Gasteiger partial charge on any atom is 0.469 e. The Morgan fingerprint density at radius 3 is 2.84 bits per heavy atom. The lowest BCUT2D eigenvalue weighted by atomic mass is 10.2. The van der Waals surface area contributed by atoms with Gasteiger partial charge < -0.3 is 28.1 Å². The number of para-hydroxylation sites is 1. The van der Waals surface area contributed by atoms with Gasteiger partial charge in [-0.1, -0.05) is 18.2 Å². The quantitative estimate of drug-likeness (QED) is 0.203. The van der Waals surface area contributed by atoms with Crippen LogP contribution in [0.2, 0.25) is 0 Å². The molecule has 2 aliphatic rings. The molecule has 1 fully saturated rings. The van der Waals surface area contributed by atoms with Gasteiger partial charge in [-0.25, -0.2) is 4.57 Å². The average Bonchev–Trinajstić information content (AvgIpc) is 3.21. The van der Waals surface area contributed by atoms with Crippen LogP contribution in [0.1, 0.15) is 12.8 Å². The van der Waals surface area contributed by atoms with E-state index < -0.39 is 41.2 Å². The van der Waals surface area contributed by atoms with Crippen molar-refractivity contribution in [1.29, 1.82) is 0 Å². The summed E-state index contributed by atoms with van der Waals surface area (Å²) in [6.07, 6.45) is 0.227. The first kappa shape index (κ1) is 23.1. The highest BCUT2D eigenvalue weighted by atomic mass is 127. The van der Waals surface area contributed by atoms with Crippen molar-refractivity contribution in [3.63, 3.8) is 0 Å². The maximum absolute atomic E-state index is 12.7. The Labute approximate surface area is 193 Å². The van der Waals surface area contributed by atoms with E-state index in [-0.39, 0.29) is 18.1 Å². The van der Waals surface area contributed by atoms with Crippen LogP contribution in [0.3, 0.4) is 0 Å². The summed E-state index contributed by atoms with van der Waals surface area (Å²) >= 11 is -0.732. The van der Waals surface area contributed by atoms with Crippen molar-refractivity contribution in [3.05, 3.63) is 40.7 Å². The molecular formula is C18H23IN5O7P. The molecular weight excluding hydrogens is 556 g/mol. The van der Waals surface area contributed by atoms with Crippen LogP contribution in [0.5, 0.6) is 5.75 Å². The van der Waals surface area contributed by atoms with Crippen LogP contribution in [0.15, 0.2) is 35.1 Å². The number of nitrogen functional groups attached to an aromatic ring is 1. The van der Waals surface area contributed by atoms with E-state index in [1.54, 1.807) is 4.90 Å². The van der Waals surface area contributed by atoms with E-state index in [0.717, 1.165) is 5.75 Å². The van der Waals surface area contributed by atoms with E-state index in [4.69, 9.17) is 25.0 Å². The number of aromatic nitrogens is 2. The van der Waals surface area contributed by atoms with Crippen molar-refractivity contribution >= 4 is 50.4 Å². The molecule has 0 aliphatic carbocycles. The minimum atomic E-state index is -4.57. The molecule has 2 aromatic rings. The third-order valence-electron chi connectivity index (χ3n) is 4.77. The maximum atomic E-state index is 12.7. The number of fused-ring (bicyclic) bond motifs is 1. The monoisotopic (exact) mass is 579 g/mol. The number of aromatic amines is 1. The summed E-state index contributed by atoms with van der Waals surface area (Å²) in [4.78, 5) is 39.2. The number of phosphoric ester groups is 1. The lowest BCUT2D eigenvalue weighted by Crippen LogP contribution is -2.41. The summed E-state index contributed by atoms with van der Waals surface area (Å²) in [5, 5.41) is 0. The van der Waals surface area contributed by atoms with Gasteiger partial charge in [-0.05, 0) is 25.0 Å². The van der Waals surface area contributed by atoms with Gasteiger partial charge in [-0.3, -0.25) is 19.2 Å². The average molecular weight is 579 g/mol. The Balaban J connectivity index is 1.48. The summed E-state index contributed by atoms with van der Waals surface area (Å²) < 4.78 is 31.1. The van der Waals surface area contributed by atoms with E-state index >= 15 is 0 Å². The van der Waals surface area contributed by atoms with Crippen LogP contribution >= 0.6 is 28.8 Å². The fourth-order valence-electron chi connectivity index (χ4n) is 3.38. The van der Waals surface area contributed by atoms with Gasteiger partial charge in [0.1, 0.15) is 18.6 Å². The number of ether oxygens (including phenoxy) is 2. The van der Waals surface area contributed by atoms with E-state index in [9.17, 15) is 9.36 Å². The summed E-state index contributed by atoms with van der Waals surface area (Å²) in [6.45, 7) is 0.672. The molecule has 14 heteroatoms. The van der Waals surface area contributed by atoms with Gasteiger partial charge in [-0.2, -0.15) is 4.98 Å². The molecule has 5 N–H and O–H groups in total. The molecule has 1 aromatic carbocycles. The molecule has 3 heterocycles. The smallest absolute Gasteiger partial charge is 0.469 e. The van der Waals surface area contributed by atoms with Gasteiger partial charge in [0.25, 0.3) is 5.56 Å². The third-order valence-corrected chi connectivity index (χ3v) is 7.74. The lowest BCUT2D eigenvalue weighted by molar-refractivity contribution is 0.0153. The van der Waals surface area contributed by atoms with Gasteiger partial charge >= 0.3 is 7.82 Å². The highest BCUT2D eigenvalue weighted by Crippen LogP contribution is 2.39. The number of benzene rings is 1. The molecule has 0 amide bonds. The second-order valence-electron chi connectivity index (χ2n) is 7.05. The molecule has 32 heavy (non-hydrogen) atoms. The number of H-pyrrole nitrogens is 1. The van der Waals surface area contributed by atoms with Gasteiger partial charge in [0, 0.05) is 21.0 Å². The molecule has 0 saturated carbocycles. The fourth-order valence-corrected chi connectivity index (χ4v) is 6.12. The minimum absolute atomic E-state index is 0.00730. The van der Waals surface area contributed by atoms with Crippen molar-refractivity contribution in [2.45, 2.75) is 25.2 Å². The SMILES string of the molecule is Nc1nc2c(c(=O)[nH]1)N(CCOc1ccccc1)I=CN2[C@H]1CC[C@@H](COP(=O)(O)O)O1. The number of nitrogens with two attached hydrogens (primary N) is 1. The highest BCUT2D eigenvalue weighted by Gasteiger charge is 2.35. The van der Waals surface area contributed by atoms with E-state index in [1.165, 1.54) is 0 Å². The number of halogens is 1. The summed E-state index contributed by atoms with van der Waals surface area (Å²) in [5.74, 6) is 1.13. The Kier molecular flexibility index (Phi) is 7.12. The van der Waals surface area contributed by atoms with Crippen LogP contribution in [0.4, 0.5) is 17.5 Å². The fraction of sp³-hybridized carbons (Fsp3) is 0.389. The van der Waals surface area contributed by atoms with Crippen LogP contribution in [-0.4, -0.2) is 56.0 Å². The van der Waals surface area contributed by atoms with Crippen molar-refractivity contribution in [3.8, 4) is 5.75 Å². The zero-order chi connectivity index (χ0) is 22.7. The van der Waals surface area contributed by atoms with Crippen molar-refractivity contribution in [2.75, 3.05) is 33.5 Å². The summed E-state index contributed by atoms with van der Waals surface area (Å²) in [5.41, 5.74) is 5.86. The molecule has 4 rings (SSSR count). The molecule has 0 bridgehead atoms. The standard InChI is InChI=1S/C18H23IN5O7P/c20-18-21-16-15(17(25)22-18)24(8-9-29-12-4-2-1-3-5-12)19-11-23(16)14-7-6-13(31-14)10-30-32(26,27)28/h1-5,11,13-14H,6-10H2,(H2,26,27,28)(H3,20,21,22,25)/t13-,14+/m0/s1. The minimum Gasteiger partial charge on any atom is -0.492 e. The van der Waals surface area contributed by atoms with Gasteiger partial charge in [0.05, 0.1) is 23.4 Å². The predicted octanol–water partition coefficient (Wildman–Crippen LogP) is 1.32.